The molecule has 1 saturated heterocycles. The summed E-state index contributed by atoms with van der Waals surface area (Å²) in [5.41, 5.74) is 1.86. The number of hydrogen-bond acceptors (Lipinski definition) is 4. The van der Waals surface area contributed by atoms with Gasteiger partial charge in [0.25, 0.3) is 5.56 Å². The molecule has 25 heavy (non-hydrogen) atoms. The molecule has 1 aromatic carbocycles. The minimum atomic E-state index is -0.237. The molecule has 1 N–H and O–H groups in total. The number of rotatable bonds is 3. The SMILES string of the molecule is Cc1nc(C)c(CC(=O)N2C[C@H](C)O[C@@H](c3ccccc3)C2)c(=O)[nH]1. The van der Waals surface area contributed by atoms with Gasteiger partial charge >= 0.3 is 0 Å². The van der Waals surface area contributed by atoms with Crippen molar-refractivity contribution < 1.29 is 9.53 Å². The van der Waals surface area contributed by atoms with E-state index < -0.39 is 0 Å². The van der Waals surface area contributed by atoms with Crippen LogP contribution in [-0.2, 0) is 16.0 Å². The van der Waals surface area contributed by atoms with Crippen LogP contribution in [-0.4, -0.2) is 40.0 Å². The number of aromatic amines is 1. The molecule has 132 valence electrons. The van der Waals surface area contributed by atoms with E-state index in [2.05, 4.69) is 9.97 Å². The van der Waals surface area contributed by atoms with Crippen molar-refractivity contribution in [3.8, 4) is 0 Å². The van der Waals surface area contributed by atoms with E-state index >= 15 is 0 Å². The highest BCUT2D eigenvalue weighted by Crippen LogP contribution is 2.25. The minimum absolute atomic E-state index is 0.0570. The second kappa shape index (κ2) is 7.19. The van der Waals surface area contributed by atoms with Crippen LogP contribution in [0.3, 0.4) is 0 Å². The molecule has 1 aliphatic rings. The van der Waals surface area contributed by atoms with Gasteiger partial charge in [-0.05, 0) is 26.3 Å². The highest BCUT2D eigenvalue weighted by molar-refractivity contribution is 5.79. The maximum atomic E-state index is 12.8. The third-order valence-corrected chi connectivity index (χ3v) is 4.45. The fourth-order valence-electron chi connectivity index (χ4n) is 3.23. The normalized spacial score (nSPS) is 20.5. The van der Waals surface area contributed by atoms with Gasteiger partial charge in [0.1, 0.15) is 11.9 Å². The maximum Gasteiger partial charge on any atom is 0.254 e. The predicted molar refractivity (Wildman–Crippen MR) is 94.3 cm³/mol. The number of benzene rings is 1. The van der Waals surface area contributed by atoms with E-state index in [4.69, 9.17) is 4.74 Å². The van der Waals surface area contributed by atoms with Crippen LogP contribution < -0.4 is 5.56 Å². The summed E-state index contributed by atoms with van der Waals surface area (Å²) in [6.45, 7) is 6.47. The average molecular weight is 341 g/mol. The zero-order valence-corrected chi connectivity index (χ0v) is 14.8. The first-order valence-electron chi connectivity index (χ1n) is 8.48. The number of morpholine rings is 1. The lowest BCUT2D eigenvalue weighted by molar-refractivity contribution is -0.144. The van der Waals surface area contributed by atoms with Crippen molar-refractivity contribution >= 4 is 5.91 Å². The van der Waals surface area contributed by atoms with E-state index in [1.54, 1.807) is 18.7 Å². The van der Waals surface area contributed by atoms with Crippen molar-refractivity contribution in [3.63, 3.8) is 0 Å². The summed E-state index contributed by atoms with van der Waals surface area (Å²) in [4.78, 5) is 33.6. The number of aryl methyl sites for hydroxylation is 2. The lowest BCUT2D eigenvalue weighted by Gasteiger charge is -2.37. The van der Waals surface area contributed by atoms with Crippen LogP contribution in [0.5, 0.6) is 0 Å². The van der Waals surface area contributed by atoms with Crippen molar-refractivity contribution in [1.82, 2.24) is 14.9 Å². The Morgan fingerprint density at radius 3 is 2.68 bits per heavy atom. The minimum Gasteiger partial charge on any atom is -0.367 e. The monoisotopic (exact) mass is 341 g/mol. The van der Waals surface area contributed by atoms with Crippen LogP contribution in [0.15, 0.2) is 35.1 Å². The Bertz CT molecular complexity index is 816. The lowest BCUT2D eigenvalue weighted by Crippen LogP contribution is -2.47. The molecule has 3 rings (SSSR count). The van der Waals surface area contributed by atoms with E-state index in [9.17, 15) is 9.59 Å². The number of H-pyrrole nitrogens is 1. The van der Waals surface area contributed by atoms with Gasteiger partial charge in [-0.15, -0.1) is 0 Å². The van der Waals surface area contributed by atoms with Gasteiger partial charge in [-0.1, -0.05) is 30.3 Å². The number of carbonyl (C=O) groups excluding carboxylic acids is 1. The van der Waals surface area contributed by atoms with Gasteiger partial charge < -0.3 is 14.6 Å². The number of carbonyl (C=O) groups is 1. The van der Waals surface area contributed by atoms with Crippen molar-refractivity contribution in [2.75, 3.05) is 13.1 Å². The van der Waals surface area contributed by atoms with Crippen LogP contribution >= 0.6 is 0 Å². The van der Waals surface area contributed by atoms with Gasteiger partial charge in [0.15, 0.2) is 0 Å². The van der Waals surface area contributed by atoms with E-state index in [-0.39, 0.29) is 30.1 Å². The molecule has 2 heterocycles. The number of amides is 1. The largest absolute Gasteiger partial charge is 0.367 e. The average Bonchev–Trinajstić information content (AvgIpc) is 2.58. The number of hydrogen-bond donors (Lipinski definition) is 1. The van der Waals surface area contributed by atoms with Crippen LogP contribution in [0.2, 0.25) is 0 Å². The van der Waals surface area contributed by atoms with Crippen LogP contribution in [0.4, 0.5) is 0 Å². The molecule has 1 fully saturated rings. The molecule has 0 saturated carbocycles. The summed E-state index contributed by atoms with van der Waals surface area (Å²) in [5, 5.41) is 0. The van der Waals surface area contributed by atoms with Crippen LogP contribution in [0.1, 0.15) is 35.7 Å². The molecule has 1 aliphatic heterocycles. The van der Waals surface area contributed by atoms with Crippen LogP contribution in [0.25, 0.3) is 0 Å². The number of nitrogens with one attached hydrogen (secondary N) is 1. The Morgan fingerprint density at radius 2 is 2.00 bits per heavy atom. The van der Waals surface area contributed by atoms with Crippen molar-refractivity contribution in [1.29, 1.82) is 0 Å². The zero-order valence-electron chi connectivity index (χ0n) is 14.8. The Balaban J connectivity index is 1.77. The molecule has 1 aromatic heterocycles. The predicted octanol–water partition coefficient (Wildman–Crippen LogP) is 1.92. The van der Waals surface area contributed by atoms with Gasteiger partial charge in [0.05, 0.1) is 19.1 Å². The Labute approximate surface area is 146 Å². The van der Waals surface area contributed by atoms with Crippen LogP contribution in [0, 0.1) is 13.8 Å². The number of aromatic nitrogens is 2. The highest BCUT2D eigenvalue weighted by Gasteiger charge is 2.29. The van der Waals surface area contributed by atoms with Crippen molar-refractivity contribution in [2.45, 2.75) is 39.4 Å². The molecule has 2 atom stereocenters. The molecular weight excluding hydrogens is 318 g/mol. The molecule has 0 spiro atoms. The lowest BCUT2D eigenvalue weighted by atomic mass is 10.1. The van der Waals surface area contributed by atoms with E-state index in [0.717, 1.165) is 5.56 Å². The third-order valence-electron chi connectivity index (χ3n) is 4.45. The van der Waals surface area contributed by atoms with Gasteiger partial charge in [-0.2, -0.15) is 0 Å². The molecule has 2 aromatic rings. The summed E-state index contributed by atoms with van der Waals surface area (Å²) in [6, 6.07) is 9.89. The summed E-state index contributed by atoms with van der Waals surface area (Å²) in [7, 11) is 0. The maximum absolute atomic E-state index is 12.8. The van der Waals surface area contributed by atoms with Crippen molar-refractivity contribution in [2.24, 2.45) is 0 Å². The first-order chi connectivity index (χ1) is 11.9. The fraction of sp³-hybridized carbons (Fsp3) is 0.421. The van der Waals surface area contributed by atoms with Gasteiger partial charge in [0, 0.05) is 17.8 Å². The standard InChI is InChI=1S/C19H23N3O3/c1-12-10-22(11-17(25-12)15-7-5-4-6-8-15)18(23)9-16-13(2)20-14(3)21-19(16)24/h4-8,12,17H,9-11H2,1-3H3,(H,20,21,24)/t12-,17+/m0/s1. The van der Waals surface area contributed by atoms with Crippen molar-refractivity contribution in [3.05, 3.63) is 63.3 Å². The summed E-state index contributed by atoms with van der Waals surface area (Å²) in [5.74, 6) is 0.484. The molecule has 0 aliphatic carbocycles. The quantitative estimate of drug-likeness (QED) is 0.925. The summed E-state index contributed by atoms with van der Waals surface area (Å²) < 4.78 is 5.99. The van der Waals surface area contributed by atoms with E-state index in [1.807, 2.05) is 37.3 Å². The molecule has 1 amide bonds. The van der Waals surface area contributed by atoms with Gasteiger partial charge in [-0.25, -0.2) is 4.98 Å². The second-order valence-electron chi connectivity index (χ2n) is 6.54. The fourth-order valence-corrected chi connectivity index (χ4v) is 3.23. The van der Waals surface area contributed by atoms with Gasteiger partial charge in [0.2, 0.25) is 5.91 Å². The van der Waals surface area contributed by atoms with E-state index in [0.29, 0.717) is 30.2 Å². The third kappa shape index (κ3) is 3.96. The first-order valence-corrected chi connectivity index (χ1v) is 8.48. The Kier molecular flexibility index (Phi) is 4.99. The topological polar surface area (TPSA) is 75.3 Å². The first kappa shape index (κ1) is 17.4. The molecule has 6 nitrogen and oxygen atoms in total. The molecule has 0 unspecified atom stereocenters. The summed E-state index contributed by atoms with van der Waals surface area (Å²) in [6.07, 6.45) is -0.147. The second-order valence-corrected chi connectivity index (χ2v) is 6.54. The zero-order chi connectivity index (χ0) is 18.0. The molecule has 0 radical (unpaired) electrons. The Hall–Kier alpha value is -2.47. The number of nitrogens with zero attached hydrogens (tertiary/aromatic N) is 2. The van der Waals surface area contributed by atoms with Gasteiger partial charge in [-0.3, -0.25) is 9.59 Å². The van der Waals surface area contributed by atoms with E-state index in [1.165, 1.54) is 0 Å². The number of ether oxygens (including phenoxy) is 1. The molecule has 6 heteroatoms. The Morgan fingerprint density at radius 1 is 1.28 bits per heavy atom. The smallest absolute Gasteiger partial charge is 0.254 e. The summed E-state index contributed by atoms with van der Waals surface area (Å²) >= 11 is 0. The molecule has 0 bridgehead atoms. The molecular formula is C19H23N3O3. The highest BCUT2D eigenvalue weighted by atomic mass is 16.5.